The maximum absolute atomic E-state index is 13.4. The number of benzene rings is 1. The number of nitrogens with one attached hydrogen (secondary N) is 1. The first-order chi connectivity index (χ1) is 9.11. The lowest BCUT2D eigenvalue weighted by molar-refractivity contribution is 0.0872. The van der Waals surface area contributed by atoms with Crippen LogP contribution < -0.4 is 5.32 Å². The minimum atomic E-state index is -0.449. The van der Waals surface area contributed by atoms with Gasteiger partial charge in [-0.25, -0.2) is 4.39 Å². The SMILES string of the molecule is O=C(NC1CCCCC1CO)c1ccc(Br)c(F)c1. The monoisotopic (exact) mass is 329 g/mol. The highest BCUT2D eigenvalue weighted by atomic mass is 79.9. The van der Waals surface area contributed by atoms with Gasteiger partial charge in [-0.1, -0.05) is 12.8 Å². The lowest BCUT2D eigenvalue weighted by Crippen LogP contribution is -2.43. The van der Waals surface area contributed by atoms with Crippen LogP contribution in [0.4, 0.5) is 4.39 Å². The Morgan fingerprint density at radius 2 is 2.16 bits per heavy atom. The fourth-order valence-corrected chi connectivity index (χ4v) is 2.75. The summed E-state index contributed by atoms with van der Waals surface area (Å²) in [5.41, 5.74) is 0.308. The van der Waals surface area contributed by atoms with Gasteiger partial charge < -0.3 is 10.4 Å². The molecule has 0 saturated heterocycles. The number of hydrogen-bond donors (Lipinski definition) is 2. The van der Waals surface area contributed by atoms with Crippen LogP contribution in [0.1, 0.15) is 36.0 Å². The van der Waals surface area contributed by atoms with Crippen LogP contribution in [0.15, 0.2) is 22.7 Å². The molecule has 0 aromatic heterocycles. The zero-order valence-electron chi connectivity index (χ0n) is 10.5. The van der Waals surface area contributed by atoms with Gasteiger partial charge in [0.25, 0.3) is 5.91 Å². The number of rotatable bonds is 3. The molecule has 1 aliphatic carbocycles. The van der Waals surface area contributed by atoms with E-state index in [4.69, 9.17) is 0 Å². The molecule has 1 amide bonds. The molecule has 2 unspecified atom stereocenters. The quantitative estimate of drug-likeness (QED) is 0.895. The van der Waals surface area contributed by atoms with Crippen molar-refractivity contribution in [2.24, 2.45) is 5.92 Å². The smallest absolute Gasteiger partial charge is 0.251 e. The predicted octanol–water partition coefficient (Wildman–Crippen LogP) is 2.87. The third kappa shape index (κ3) is 3.54. The van der Waals surface area contributed by atoms with E-state index in [1.54, 1.807) is 6.07 Å². The number of halogens is 2. The summed E-state index contributed by atoms with van der Waals surface area (Å²) >= 11 is 3.06. The molecular weight excluding hydrogens is 313 g/mol. The fraction of sp³-hybridized carbons (Fsp3) is 0.500. The molecule has 0 heterocycles. The molecule has 0 spiro atoms. The highest BCUT2D eigenvalue weighted by Gasteiger charge is 2.26. The number of aliphatic hydroxyl groups excluding tert-OH is 1. The zero-order valence-corrected chi connectivity index (χ0v) is 12.1. The van der Waals surface area contributed by atoms with Crippen molar-refractivity contribution >= 4 is 21.8 Å². The van der Waals surface area contributed by atoms with Gasteiger partial charge in [-0.05, 0) is 47.0 Å². The van der Waals surface area contributed by atoms with E-state index in [0.29, 0.717) is 10.0 Å². The Hall–Kier alpha value is -0.940. The summed E-state index contributed by atoms with van der Waals surface area (Å²) in [7, 11) is 0. The fourth-order valence-electron chi connectivity index (χ4n) is 2.51. The van der Waals surface area contributed by atoms with Gasteiger partial charge in [0.1, 0.15) is 5.82 Å². The van der Waals surface area contributed by atoms with Crippen molar-refractivity contribution in [3.8, 4) is 0 Å². The Kier molecular flexibility index (Phi) is 4.93. The van der Waals surface area contributed by atoms with Crippen molar-refractivity contribution in [1.82, 2.24) is 5.32 Å². The van der Waals surface area contributed by atoms with Crippen LogP contribution in [0, 0.1) is 11.7 Å². The first kappa shape index (κ1) is 14.5. The summed E-state index contributed by atoms with van der Waals surface area (Å²) < 4.78 is 13.7. The van der Waals surface area contributed by atoms with Crippen LogP contribution >= 0.6 is 15.9 Å². The molecule has 0 radical (unpaired) electrons. The molecule has 2 atom stereocenters. The van der Waals surface area contributed by atoms with E-state index in [0.717, 1.165) is 25.7 Å². The molecule has 0 aliphatic heterocycles. The van der Waals surface area contributed by atoms with Crippen molar-refractivity contribution in [1.29, 1.82) is 0 Å². The van der Waals surface area contributed by atoms with E-state index in [1.165, 1.54) is 12.1 Å². The summed E-state index contributed by atoms with van der Waals surface area (Å²) in [4.78, 5) is 12.1. The van der Waals surface area contributed by atoms with Gasteiger partial charge in [-0.3, -0.25) is 4.79 Å². The van der Waals surface area contributed by atoms with E-state index in [2.05, 4.69) is 21.2 Å². The van der Waals surface area contributed by atoms with Gasteiger partial charge in [0.2, 0.25) is 0 Å². The minimum absolute atomic E-state index is 0.0158. The van der Waals surface area contributed by atoms with E-state index in [1.807, 2.05) is 0 Å². The van der Waals surface area contributed by atoms with E-state index in [9.17, 15) is 14.3 Å². The average molecular weight is 330 g/mol. The van der Waals surface area contributed by atoms with Gasteiger partial charge in [0.15, 0.2) is 0 Å². The summed E-state index contributed by atoms with van der Waals surface area (Å²) in [6, 6.07) is 4.31. The van der Waals surface area contributed by atoms with Crippen LogP contribution in [0.2, 0.25) is 0 Å². The topological polar surface area (TPSA) is 49.3 Å². The van der Waals surface area contributed by atoms with Crippen LogP contribution in [-0.4, -0.2) is 23.7 Å². The highest BCUT2D eigenvalue weighted by molar-refractivity contribution is 9.10. The molecule has 3 nitrogen and oxygen atoms in total. The third-order valence-corrected chi connectivity index (χ3v) is 4.28. The highest BCUT2D eigenvalue weighted by Crippen LogP contribution is 2.24. The number of carbonyl (C=O) groups excluding carboxylic acids is 1. The Bertz CT molecular complexity index is 467. The molecule has 5 heteroatoms. The van der Waals surface area contributed by atoms with E-state index < -0.39 is 5.82 Å². The molecule has 19 heavy (non-hydrogen) atoms. The van der Waals surface area contributed by atoms with Crippen LogP contribution in [0.5, 0.6) is 0 Å². The predicted molar refractivity (Wildman–Crippen MR) is 74.4 cm³/mol. The molecule has 1 aromatic rings. The molecule has 1 aliphatic rings. The Morgan fingerprint density at radius 3 is 2.84 bits per heavy atom. The maximum Gasteiger partial charge on any atom is 0.251 e. The lowest BCUT2D eigenvalue weighted by atomic mass is 9.85. The molecular formula is C14H17BrFNO2. The van der Waals surface area contributed by atoms with Crippen LogP contribution in [0.3, 0.4) is 0 Å². The second kappa shape index (κ2) is 6.48. The first-order valence-corrected chi connectivity index (χ1v) is 7.28. The number of amides is 1. The van der Waals surface area contributed by atoms with E-state index in [-0.39, 0.29) is 24.5 Å². The standard InChI is InChI=1S/C14H17BrFNO2/c15-11-6-5-9(7-12(11)16)14(19)17-13-4-2-1-3-10(13)8-18/h5-7,10,13,18H,1-4,8H2,(H,17,19). The molecule has 1 fully saturated rings. The number of hydrogen-bond acceptors (Lipinski definition) is 2. The largest absolute Gasteiger partial charge is 0.396 e. The van der Waals surface area contributed by atoms with Crippen LogP contribution in [0.25, 0.3) is 0 Å². The average Bonchev–Trinajstić information content (AvgIpc) is 2.42. The number of aliphatic hydroxyl groups is 1. The molecule has 2 N–H and O–H groups in total. The third-order valence-electron chi connectivity index (χ3n) is 3.64. The van der Waals surface area contributed by atoms with Crippen molar-refractivity contribution in [2.75, 3.05) is 6.61 Å². The molecule has 2 rings (SSSR count). The second-order valence-electron chi connectivity index (χ2n) is 4.94. The van der Waals surface area contributed by atoms with Gasteiger partial charge in [0, 0.05) is 24.1 Å². The van der Waals surface area contributed by atoms with E-state index >= 15 is 0 Å². The van der Waals surface area contributed by atoms with Gasteiger partial charge >= 0.3 is 0 Å². The lowest BCUT2D eigenvalue weighted by Gasteiger charge is -2.30. The summed E-state index contributed by atoms with van der Waals surface area (Å²) in [6.07, 6.45) is 3.94. The normalized spacial score (nSPS) is 23.1. The maximum atomic E-state index is 13.4. The first-order valence-electron chi connectivity index (χ1n) is 6.48. The zero-order chi connectivity index (χ0) is 13.8. The molecule has 0 bridgehead atoms. The van der Waals surface area contributed by atoms with Gasteiger partial charge in [-0.2, -0.15) is 0 Å². The van der Waals surface area contributed by atoms with Crippen molar-refractivity contribution in [2.45, 2.75) is 31.7 Å². The summed E-state index contributed by atoms with van der Waals surface area (Å²) in [5, 5.41) is 12.2. The molecule has 1 saturated carbocycles. The van der Waals surface area contributed by atoms with Crippen molar-refractivity contribution < 1.29 is 14.3 Å². The van der Waals surface area contributed by atoms with Gasteiger partial charge in [0.05, 0.1) is 4.47 Å². The Morgan fingerprint density at radius 1 is 1.42 bits per heavy atom. The van der Waals surface area contributed by atoms with Crippen LogP contribution in [-0.2, 0) is 0 Å². The van der Waals surface area contributed by atoms with Crippen molar-refractivity contribution in [3.05, 3.63) is 34.1 Å². The van der Waals surface area contributed by atoms with Crippen molar-refractivity contribution in [3.63, 3.8) is 0 Å². The molecule has 1 aromatic carbocycles. The minimum Gasteiger partial charge on any atom is -0.396 e. The Labute approximate surface area is 120 Å². The number of carbonyl (C=O) groups is 1. The molecule has 104 valence electrons. The Balaban J connectivity index is 2.05. The van der Waals surface area contributed by atoms with Gasteiger partial charge in [-0.15, -0.1) is 0 Å². The summed E-state index contributed by atoms with van der Waals surface area (Å²) in [5.74, 6) is -0.621. The summed E-state index contributed by atoms with van der Waals surface area (Å²) in [6.45, 7) is 0.0830. The second-order valence-corrected chi connectivity index (χ2v) is 5.79.